The minimum Gasteiger partial charge on any atom is -0.358 e. The Hall–Kier alpha value is -1.82. The van der Waals surface area contributed by atoms with Crippen LogP contribution in [0.5, 0.6) is 0 Å². The molecule has 5 nitrogen and oxygen atoms in total. The van der Waals surface area contributed by atoms with Gasteiger partial charge in [-0.3, -0.25) is 14.2 Å². The van der Waals surface area contributed by atoms with Crippen molar-refractivity contribution in [1.82, 2.24) is 14.9 Å². The van der Waals surface area contributed by atoms with Crippen molar-refractivity contribution in [3.05, 3.63) is 34.6 Å². The number of carbonyl (C=O) groups is 1. The molecule has 0 aliphatic carbocycles. The van der Waals surface area contributed by atoms with Crippen LogP contribution < -0.4 is 10.9 Å². The van der Waals surface area contributed by atoms with Crippen LogP contribution >= 0.6 is 11.8 Å². The summed E-state index contributed by atoms with van der Waals surface area (Å²) < 4.78 is 1.47. The van der Waals surface area contributed by atoms with Gasteiger partial charge in [0.1, 0.15) is 0 Å². The first-order valence-electron chi connectivity index (χ1n) is 5.42. The van der Waals surface area contributed by atoms with Gasteiger partial charge in [0, 0.05) is 14.1 Å². The highest BCUT2D eigenvalue weighted by Crippen LogP contribution is 2.16. The van der Waals surface area contributed by atoms with Crippen molar-refractivity contribution in [3.63, 3.8) is 0 Å². The molecule has 1 amide bonds. The molecule has 1 aromatic heterocycles. The predicted molar refractivity (Wildman–Crippen MR) is 71.8 cm³/mol. The van der Waals surface area contributed by atoms with Crippen molar-refractivity contribution >= 4 is 28.6 Å². The molecule has 0 saturated heterocycles. The van der Waals surface area contributed by atoms with Gasteiger partial charge in [-0.1, -0.05) is 23.9 Å². The molecule has 0 unspecified atom stereocenters. The van der Waals surface area contributed by atoms with Crippen LogP contribution in [0.15, 0.2) is 34.2 Å². The summed E-state index contributed by atoms with van der Waals surface area (Å²) >= 11 is 1.25. The summed E-state index contributed by atoms with van der Waals surface area (Å²) in [5.41, 5.74) is 0.556. The topological polar surface area (TPSA) is 64.0 Å². The van der Waals surface area contributed by atoms with Gasteiger partial charge in [0.05, 0.1) is 16.7 Å². The minimum atomic E-state index is -0.0972. The number of benzene rings is 1. The van der Waals surface area contributed by atoms with Crippen LogP contribution in [-0.2, 0) is 11.8 Å². The monoisotopic (exact) mass is 263 g/mol. The Kier molecular flexibility index (Phi) is 3.66. The lowest BCUT2D eigenvalue weighted by molar-refractivity contribution is -0.118. The van der Waals surface area contributed by atoms with E-state index in [1.165, 1.54) is 16.3 Å². The number of fused-ring (bicyclic) bond motifs is 1. The fourth-order valence-electron chi connectivity index (χ4n) is 1.53. The molecular formula is C12H13N3O2S. The Morgan fingerprint density at radius 2 is 2.17 bits per heavy atom. The smallest absolute Gasteiger partial charge is 0.261 e. The fourth-order valence-corrected chi connectivity index (χ4v) is 2.37. The molecule has 2 rings (SSSR count). The Labute approximate surface area is 108 Å². The molecule has 0 atom stereocenters. The SMILES string of the molecule is CNC(=O)CSc1nc2ccccc2c(=O)n1C. The van der Waals surface area contributed by atoms with Crippen molar-refractivity contribution in [2.24, 2.45) is 7.05 Å². The fraction of sp³-hybridized carbons (Fsp3) is 0.250. The Morgan fingerprint density at radius 3 is 2.89 bits per heavy atom. The number of para-hydroxylation sites is 1. The van der Waals surface area contributed by atoms with Gasteiger partial charge in [0.2, 0.25) is 5.91 Å². The molecule has 0 saturated carbocycles. The molecule has 94 valence electrons. The Balaban J connectivity index is 2.43. The van der Waals surface area contributed by atoms with Gasteiger partial charge < -0.3 is 5.32 Å². The third kappa shape index (κ3) is 2.38. The molecule has 18 heavy (non-hydrogen) atoms. The lowest BCUT2D eigenvalue weighted by atomic mass is 10.2. The number of hydrogen-bond acceptors (Lipinski definition) is 4. The van der Waals surface area contributed by atoms with E-state index in [1.54, 1.807) is 26.2 Å². The summed E-state index contributed by atoms with van der Waals surface area (Å²) in [6.07, 6.45) is 0. The average Bonchev–Trinajstić information content (AvgIpc) is 2.41. The van der Waals surface area contributed by atoms with E-state index in [4.69, 9.17) is 0 Å². The van der Waals surface area contributed by atoms with Gasteiger partial charge in [-0.15, -0.1) is 0 Å². The molecule has 1 N–H and O–H groups in total. The third-order valence-corrected chi connectivity index (χ3v) is 3.58. The zero-order valence-corrected chi connectivity index (χ0v) is 11.0. The maximum Gasteiger partial charge on any atom is 0.261 e. The van der Waals surface area contributed by atoms with Crippen LogP contribution in [0.25, 0.3) is 10.9 Å². The van der Waals surface area contributed by atoms with Crippen LogP contribution in [0.3, 0.4) is 0 Å². The molecule has 0 radical (unpaired) electrons. The summed E-state index contributed by atoms with van der Waals surface area (Å²) in [6.45, 7) is 0. The number of thioether (sulfide) groups is 1. The number of amides is 1. The molecule has 1 heterocycles. The van der Waals surface area contributed by atoms with E-state index in [0.717, 1.165) is 0 Å². The van der Waals surface area contributed by atoms with E-state index < -0.39 is 0 Å². The molecule has 0 fully saturated rings. The van der Waals surface area contributed by atoms with Crippen molar-refractivity contribution in [1.29, 1.82) is 0 Å². The van der Waals surface area contributed by atoms with E-state index in [9.17, 15) is 9.59 Å². The van der Waals surface area contributed by atoms with E-state index in [1.807, 2.05) is 12.1 Å². The van der Waals surface area contributed by atoms with Crippen molar-refractivity contribution in [2.75, 3.05) is 12.8 Å². The van der Waals surface area contributed by atoms with E-state index >= 15 is 0 Å². The third-order valence-electron chi connectivity index (χ3n) is 2.55. The first-order valence-corrected chi connectivity index (χ1v) is 6.41. The van der Waals surface area contributed by atoms with Crippen molar-refractivity contribution in [3.8, 4) is 0 Å². The Bertz CT molecular complexity index is 651. The minimum absolute atomic E-state index is 0.0950. The number of carbonyl (C=O) groups excluding carboxylic acids is 1. The Morgan fingerprint density at radius 1 is 1.44 bits per heavy atom. The first kappa shape index (κ1) is 12.6. The number of nitrogens with one attached hydrogen (secondary N) is 1. The quantitative estimate of drug-likeness (QED) is 0.656. The van der Waals surface area contributed by atoms with Crippen LogP contribution in [0.1, 0.15) is 0 Å². The van der Waals surface area contributed by atoms with Gasteiger partial charge in [0.25, 0.3) is 5.56 Å². The second-order valence-electron chi connectivity index (χ2n) is 3.74. The van der Waals surface area contributed by atoms with Gasteiger partial charge in [-0.05, 0) is 12.1 Å². The zero-order valence-electron chi connectivity index (χ0n) is 10.1. The van der Waals surface area contributed by atoms with E-state index in [0.29, 0.717) is 16.1 Å². The lowest BCUT2D eigenvalue weighted by Crippen LogP contribution is -2.23. The summed E-state index contributed by atoms with van der Waals surface area (Å²) in [7, 11) is 3.24. The standard InChI is InChI=1S/C12H13N3O2S/c1-13-10(16)7-18-12-14-9-6-4-3-5-8(9)11(17)15(12)2/h3-6H,7H2,1-2H3,(H,13,16). The second kappa shape index (κ2) is 5.22. The largest absolute Gasteiger partial charge is 0.358 e. The normalized spacial score (nSPS) is 10.6. The maximum atomic E-state index is 12.1. The average molecular weight is 263 g/mol. The molecule has 0 bridgehead atoms. The second-order valence-corrected chi connectivity index (χ2v) is 4.68. The molecule has 6 heteroatoms. The highest BCUT2D eigenvalue weighted by Gasteiger charge is 2.09. The first-order chi connectivity index (χ1) is 8.63. The molecule has 0 spiro atoms. The summed E-state index contributed by atoms with van der Waals surface area (Å²) in [4.78, 5) is 27.7. The summed E-state index contributed by atoms with van der Waals surface area (Å²) in [6, 6.07) is 7.18. The van der Waals surface area contributed by atoms with Crippen LogP contribution in [0.2, 0.25) is 0 Å². The molecule has 1 aromatic carbocycles. The highest BCUT2D eigenvalue weighted by atomic mass is 32.2. The van der Waals surface area contributed by atoms with Crippen LogP contribution in [0, 0.1) is 0 Å². The molecule has 0 aliphatic heterocycles. The van der Waals surface area contributed by atoms with Gasteiger partial charge in [-0.25, -0.2) is 4.98 Å². The summed E-state index contributed by atoms with van der Waals surface area (Å²) in [5.74, 6) is 0.150. The number of rotatable bonds is 3. The molecular weight excluding hydrogens is 250 g/mol. The lowest BCUT2D eigenvalue weighted by Gasteiger charge is -2.07. The summed E-state index contributed by atoms with van der Waals surface area (Å²) in [5, 5.41) is 3.66. The number of nitrogens with zero attached hydrogens (tertiary/aromatic N) is 2. The number of aromatic nitrogens is 2. The molecule has 2 aromatic rings. The highest BCUT2D eigenvalue weighted by molar-refractivity contribution is 7.99. The van der Waals surface area contributed by atoms with Gasteiger partial charge in [-0.2, -0.15) is 0 Å². The van der Waals surface area contributed by atoms with Crippen LogP contribution in [0.4, 0.5) is 0 Å². The van der Waals surface area contributed by atoms with Crippen LogP contribution in [-0.4, -0.2) is 28.3 Å². The predicted octanol–water partition coefficient (Wildman–Crippen LogP) is 0.772. The van der Waals surface area contributed by atoms with E-state index in [2.05, 4.69) is 10.3 Å². The zero-order chi connectivity index (χ0) is 13.1. The van der Waals surface area contributed by atoms with Crippen molar-refractivity contribution in [2.45, 2.75) is 5.16 Å². The van der Waals surface area contributed by atoms with Gasteiger partial charge >= 0.3 is 0 Å². The maximum absolute atomic E-state index is 12.1. The van der Waals surface area contributed by atoms with Gasteiger partial charge in [0.15, 0.2) is 5.16 Å². The number of hydrogen-bond donors (Lipinski definition) is 1. The van der Waals surface area contributed by atoms with Crippen molar-refractivity contribution < 1.29 is 4.79 Å². The molecule has 0 aliphatic rings. The van der Waals surface area contributed by atoms with E-state index in [-0.39, 0.29) is 17.2 Å².